The molecule has 0 unspecified atom stereocenters. The lowest BCUT2D eigenvalue weighted by molar-refractivity contribution is -0.126. The Morgan fingerprint density at radius 2 is 1.98 bits per heavy atom. The van der Waals surface area contributed by atoms with E-state index in [9.17, 15) is 9.59 Å². The van der Waals surface area contributed by atoms with Gasteiger partial charge in [0.2, 0.25) is 5.91 Å². The Labute approximate surface area is 236 Å². The topological polar surface area (TPSA) is 122 Å². The number of amides is 1. The van der Waals surface area contributed by atoms with E-state index in [1.165, 1.54) is 17.0 Å². The number of anilines is 3. The van der Waals surface area contributed by atoms with Crippen molar-refractivity contribution in [2.75, 3.05) is 29.9 Å². The van der Waals surface area contributed by atoms with E-state index in [1.54, 1.807) is 29.6 Å². The van der Waals surface area contributed by atoms with Crippen LogP contribution in [0.2, 0.25) is 5.02 Å². The summed E-state index contributed by atoms with van der Waals surface area (Å²) in [5, 5.41) is 4.10. The number of halogens is 1. The molecule has 1 aliphatic heterocycles. The highest BCUT2D eigenvalue weighted by molar-refractivity contribution is 6.33. The van der Waals surface area contributed by atoms with Crippen molar-refractivity contribution >= 4 is 45.9 Å². The molecule has 1 atom stereocenters. The lowest BCUT2D eigenvalue weighted by Crippen LogP contribution is -2.54. The van der Waals surface area contributed by atoms with Crippen LogP contribution in [0.15, 0.2) is 54.5 Å². The van der Waals surface area contributed by atoms with Crippen LogP contribution < -0.4 is 15.9 Å². The van der Waals surface area contributed by atoms with Crippen LogP contribution in [0.1, 0.15) is 37.9 Å². The van der Waals surface area contributed by atoms with Gasteiger partial charge in [-0.25, -0.2) is 24.3 Å². The molecule has 0 saturated carbocycles. The molecule has 11 nitrogen and oxygen atoms in total. The number of rotatable bonds is 6. The van der Waals surface area contributed by atoms with Crippen molar-refractivity contribution in [2.45, 2.75) is 39.7 Å². The molecule has 0 aromatic carbocycles. The normalized spacial score (nSPS) is 15.5. The van der Waals surface area contributed by atoms with E-state index >= 15 is 0 Å². The summed E-state index contributed by atoms with van der Waals surface area (Å²) in [6, 6.07) is 3.51. The van der Waals surface area contributed by atoms with Gasteiger partial charge in [0.25, 0.3) is 0 Å². The lowest BCUT2D eigenvalue weighted by atomic mass is 10.0. The molecule has 1 saturated heterocycles. The molecule has 40 heavy (non-hydrogen) atoms. The number of pyridine rings is 2. The van der Waals surface area contributed by atoms with Gasteiger partial charge < -0.3 is 15.1 Å². The highest BCUT2D eigenvalue weighted by atomic mass is 35.5. The molecule has 1 aliphatic rings. The predicted octanol–water partition coefficient (Wildman–Crippen LogP) is 4.02. The van der Waals surface area contributed by atoms with E-state index in [4.69, 9.17) is 16.6 Å². The summed E-state index contributed by atoms with van der Waals surface area (Å²) in [6.07, 6.45) is 7.69. The molecule has 0 aliphatic carbocycles. The van der Waals surface area contributed by atoms with Crippen LogP contribution in [-0.4, -0.2) is 66.0 Å². The number of carbonyl (C=O) groups is 1. The van der Waals surface area contributed by atoms with Crippen molar-refractivity contribution in [3.63, 3.8) is 0 Å². The average molecular weight is 560 g/mol. The van der Waals surface area contributed by atoms with Crippen molar-refractivity contribution in [3.8, 4) is 5.69 Å². The predicted molar refractivity (Wildman–Crippen MR) is 156 cm³/mol. The number of hydrogen-bond donors (Lipinski definition) is 1. The van der Waals surface area contributed by atoms with Crippen LogP contribution in [0.4, 0.5) is 17.3 Å². The van der Waals surface area contributed by atoms with Gasteiger partial charge in [0, 0.05) is 31.9 Å². The minimum Gasteiger partial charge on any atom is -0.350 e. The first-order valence-corrected chi connectivity index (χ1v) is 13.4. The number of nitrogens with zero attached hydrogens (tertiary/aromatic N) is 8. The SMILES string of the molecule is C=CC(=O)N1CCN(c2nc(=O)n(-c3c(C)ccnc3C(C)C)c3nc(Nc4cncnc4)c(Cl)cc23)[C@@H](C)C1. The van der Waals surface area contributed by atoms with Gasteiger partial charge in [-0.15, -0.1) is 0 Å². The fourth-order valence-electron chi connectivity index (χ4n) is 5.00. The summed E-state index contributed by atoms with van der Waals surface area (Å²) in [6.45, 7) is 13.0. The van der Waals surface area contributed by atoms with Crippen LogP contribution in [-0.2, 0) is 4.79 Å². The molecule has 5 heterocycles. The third kappa shape index (κ3) is 5.00. The lowest BCUT2D eigenvalue weighted by Gasteiger charge is -2.40. The van der Waals surface area contributed by atoms with Gasteiger partial charge in [0.15, 0.2) is 11.5 Å². The van der Waals surface area contributed by atoms with Crippen LogP contribution in [0.5, 0.6) is 0 Å². The second-order valence-electron chi connectivity index (χ2n) is 10.0. The minimum atomic E-state index is -0.485. The Hall–Kier alpha value is -4.38. The molecule has 0 radical (unpaired) electrons. The van der Waals surface area contributed by atoms with E-state index in [0.29, 0.717) is 58.7 Å². The van der Waals surface area contributed by atoms with Crippen molar-refractivity contribution in [3.05, 3.63) is 76.5 Å². The summed E-state index contributed by atoms with van der Waals surface area (Å²) in [7, 11) is 0. The summed E-state index contributed by atoms with van der Waals surface area (Å²) < 4.78 is 1.52. The second kappa shape index (κ2) is 11.0. The molecule has 12 heteroatoms. The Morgan fingerprint density at radius 1 is 1.23 bits per heavy atom. The van der Waals surface area contributed by atoms with Crippen molar-refractivity contribution in [1.82, 2.24) is 34.4 Å². The van der Waals surface area contributed by atoms with Gasteiger partial charge in [-0.05, 0) is 43.5 Å². The molecule has 1 N–H and O–H groups in total. The van der Waals surface area contributed by atoms with E-state index in [1.807, 2.05) is 38.7 Å². The smallest absolute Gasteiger partial charge is 0.350 e. The zero-order chi connectivity index (χ0) is 28.6. The van der Waals surface area contributed by atoms with Gasteiger partial charge in [-0.1, -0.05) is 32.0 Å². The van der Waals surface area contributed by atoms with Crippen LogP contribution in [0.3, 0.4) is 0 Å². The van der Waals surface area contributed by atoms with E-state index in [-0.39, 0.29) is 17.9 Å². The molecular weight excluding hydrogens is 530 g/mol. The van der Waals surface area contributed by atoms with Crippen LogP contribution >= 0.6 is 11.6 Å². The molecule has 5 rings (SSSR count). The Bertz CT molecular complexity index is 1660. The summed E-state index contributed by atoms with van der Waals surface area (Å²) in [5.74, 6) is 0.721. The van der Waals surface area contributed by atoms with Gasteiger partial charge in [-0.3, -0.25) is 9.78 Å². The van der Waals surface area contributed by atoms with Crippen molar-refractivity contribution < 1.29 is 4.79 Å². The number of aromatic nitrogens is 6. The van der Waals surface area contributed by atoms with Gasteiger partial charge in [0.1, 0.15) is 12.1 Å². The first-order chi connectivity index (χ1) is 19.2. The van der Waals surface area contributed by atoms with Gasteiger partial charge >= 0.3 is 5.69 Å². The van der Waals surface area contributed by atoms with E-state index < -0.39 is 5.69 Å². The molecule has 1 fully saturated rings. The first-order valence-electron chi connectivity index (χ1n) is 13.0. The number of carbonyl (C=O) groups excluding carboxylic acids is 1. The maximum Gasteiger partial charge on any atom is 0.355 e. The van der Waals surface area contributed by atoms with Crippen LogP contribution in [0, 0.1) is 6.92 Å². The molecule has 206 valence electrons. The van der Waals surface area contributed by atoms with Gasteiger partial charge in [-0.2, -0.15) is 4.98 Å². The third-order valence-corrected chi connectivity index (χ3v) is 7.22. The maximum atomic E-state index is 13.9. The molecule has 0 bridgehead atoms. The first kappa shape index (κ1) is 27.2. The number of piperazine rings is 1. The highest BCUT2D eigenvalue weighted by Gasteiger charge is 2.30. The number of aryl methyl sites for hydroxylation is 1. The number of hydrogen-bond acceptors (Lipinski definition) is 9. The zero-order valence-corrected chi connectivity index (χ0v) is 23.6. The maximum absolute atomic E-state index is 13.9. The average Bonchev–Trinajstić information content (AvgIpc) is 2.94. The summed E-state index contributed by atoms with van der Waals surface area (Å²) in [5.41, 5.74) is 2.76. The molecular formula is C28H30ClN9O2. The van der Waals surface area contributed by atoms with Crippen LogP contribution in [0.25, 0.3) is 16.7 Å². The molecule has 0 spiro atoms. The Balaban J connectivity index is 1.75. The van der Waals surface area contributed by atoms with E-state index in [2.05, 4.69) is 31.8 Å². The summed E-state index contributed by atoms with van der Waals surface area (Å²) in [4.78, 5) is 52.1. The third-order valence-electron chi connectivity index (χ3n) is 6.94. The Kier molecular flexibility index (Phi) is 7.49. The largest absolute Gasteiger partial charge is 0.355 e. The fraction of sp³-hybridized carbons (Fsp3) is 0.321. The number of fused-ring (bicyclic) bond motifs is 1. The zero-order valence-electron chi connectivity index (χ0n) is 22.8. The van der Waals surface area contributed by atoms with Crippen molar-refractivity contribution in [1.29, 1.82) is 0 Å². The monoisotopic (exact) mass is 559 g/mol. The minimum absolute atomic E-state index is 0.0402. The number of nitrogens with one attached hydrogen (secondary N) is 1. The highest BCUT2D eigenvalue weighted by Crippen LogP contribution is 2.34. The van der Waals surface area contributed by atoms with E-state index in [0.717, 1.165) is 11.3 Å². The summed E-state index contributed by atoms with van der Waals surface area (Å²) >= 11 is 6.76. The van der Waals surface area contributed by atoms with Gasteiger partial charge in [0.05, 0.1) is 39.9 Å². The quantitative estimate of drug-likeness (QED) is 0.349. The van der Waals surface area contributed by atoms with Crippen molar-refractivity contribution in [2.24, 2.45) is 0 Å². The second-order valence-corrected chi connectivity index (χ2v) is 10.4. The molecule has 1 amide bonds. The fourth-order valence-corrected chi connectivity index (χ4v) is 5.20. The Morgan fingerprint density at radius 3 is 2.65 bits per heavy atom. The standard InChI is InChI=1S/C28H30ClN9O2/c1-6-22(39)36-9-10-37(18(5)14-36)26-20-11-21(29)25(33-19-12-30-15-31-13-19)34-27(20)38(28(40)35-26)24-17(4)7-8-32-23(24)16(2)3/h6-8,11-13,15-16,18H,1,9-10,14H2,2-5H3,(H,33,34)/t18-/m0/s1. The molecule has 4 aromatic rings. The molecule has 4 aromatic heterocycles.